The van der Waals surface area contributed by atoms with Crippen LogP contribution in [0.3, 0.4) is 0 Å². The van der Waals surface area contributed by atoms with E-state index in [-0.39, 0.29) is 11.5 Å². The number of hydrogen-bond acceptors (Lipinski definition) is 5. The molecule has 1 N–H and O–H groups in total. The quantitative estimate of drug-likeness (QED) is 0.567. The molecule has 0 unspecified atom stereocenters. The lowest BCUT2D eigenvalue weighted by Gasteiger charge is -2.06. The van der Waals surface area contributed by atoms with Gasteiger partial charge >= 0.3 is 0 Å². The molecular formula is C22H17N3O2S. The normalized spacial score (nSPS) is 10.7. The highest BCUT2D eigenvalue weighted by atomic mass is 32.1. The van der Waals surface area contributed by atoms with Crippen molar-refractivity contribution in [2.75, 3.05) is 6.54 Å². The number of nitrogens with zero attached hydrogens (tertiary/aromatic N) is 2. The van der Waals surface area contributed by atoms with E-state index in [4.69, 9.17) is 0 Å². The number of amides is 1. The van der Waals surface area contributed by atoms with Gasteiger partial charge in [-0.2, -0.15) is 4.98 Å². The number of carbonyl (C=O) groups is 1. The van der Waals surface area contributed by atoms with Gasteiger partial charge in [0.2, 0.25) is 0 Å². The maximum Gasteiger partial charge on any atom is 0.279 e. The largest absolute Gasteiger partial charge is 0.352 e. The van der Waals surface area contributed by atoms with Crippen LogP contribution in [0, 0.1) is 0 Å². The summed E-state index contributed by atoms with van der Waals surface area (Å²) in [7, 11) is 0. The predicted molar refractivity (Wildman–Crippen MR) is 112 cm³/mol. The molecule has 1 amide bonds. The Bertz CT molecular complexity index is 1190. The van der Waals surface area contributed by atoms with Crippen molar-refractivity contribution in [1.29, 1.82) is 0 Å². The zero-order valence-corrected chi connectivity index (χ0v) is 15.8. The first-order chi connectivity index (χ1) is 13.7. The summed E-state index contributed by atoms with van der Waals surface area (Å²) in [6.45, 7) is 0.478. The molecule has 0 aliphatic carbocycles. The molecule has 0 saturated heterocycles. The number of aromatic nitrogens is 2. The van der Waals surface area contributed by atoms with Crippen molar-refractivity contribution in [3.63, 3.8) is 0 Å². The van der Waals surface area contributed by atoms with Crippen molar-refractivity contribution < 1.29 is 4.79 Å². The second kappa shape index (κ2) is 8.10. The fourth-order valence-corrected chi connectivity index (χ4v) is 3.82. The molecule has 0 fully saturated rings. The van der Waals surface area contributed by atoms with E-state index in [9.17, 15) is 9.59 Å². The van der Waals surface area contributed by atoms with Crippen LogP contribution in [0.25, 0.3) is 20.8 Å². The van der Waals surface area contributed by atoms with Crippen molar-refractivity contribution >= 4 is 27.3 Å². The first-order valence-corrected chi connectivity index (χ1v) is 9.72. The van der Waals surface area contributed by atoms with Gasteiger partial charge in [-0.15, -0.1) is 11.3 Å². The van der Waals surface area contributed by atoms with Gasteiger partial charge in [-0.05, 0) is 36.4 Å². The van der Waals surface area contributed by atoms with E-state index in [1.54, 1.807) is 18.2 Å². The average Bonchev–Trinajstić information content (AvgIpc) is 2.74. The van der Waals surface area contributed by atoms with Crippen molar-refractivity contribution in [2.45, 2.75) is 6.42 Å². The number of benzene rings is 2. The fraction of sp³-hybridized carbons (Fsp3) is 0.0909. The number of hydrogen-bond donors (Lipinski definition) is 1. The number of fused-ring (bicyclic) bond motifs is 1. The van der Waals surface area contributed by atoms with Crippen LogP contribution in [-0.4, -0.2) is 22.4 Å². The van der Waals surface area contributed by atoms with E-state index >= 15 is 0 Å². The van der Waals surface area contributed by atoms with Crippen molar-refractivity contribution in [2.24, 2.45) is 0 Å². The molecule has 5 nitrogen and oxygen atoms in total. The molecule has 0 saturated carbocycles. The summed E-state index contributed by atoms with van der Waals surface area (Å²) in [6.07, 6.45) is 0.592. The van der Waals surface area contributed by atoms with Crippen LogP contribution < -0.4 is 10.9 Å². The smallest absolute Gasteiger partial charge is 0.279 e. The Morgan fingerprint density at radius 2 is 1.68 bits per heavy atom. The molecule has 0 atom stereocenters. The third kappa shape index (κ3) is 3.97. The molecule has 4 aromatic rings. The van der Waals surface area contributed by atoms with Gasteiger partial charge in [-0.1, -0.05) is 36.4 Å². The minimum Gasteiger partial charge on any atom is -0.352 e. The zero-order valence-electron chi connectivity index (χ0n) is 15.0. The highest BCUT2D eigenvalue weighted by molar-refractivity contribution is 7.21. The van der Waals surface area contributed by atoms with Crippen LogP contribution in [0.5, 0.6) is 0 Å². The lowest BCUT2D eigenvalue weighted by atomic mass is 10.2. The molecule has 2 heterocycles. The Morgan fingerprint density at radius 1 is 0.893 bits per heavy atom. The van der Waals surface area contributed by atoms with E-state index in [0.717, 1.165) is 10.4 Å². The molecule has 0 spiro atoms. The fourth-order valence-electron chi connectivity index (χ4n) is 2.85. The molecule has 0 aliphatic rings. The summed E-state index contributed by atoms with van der Waals surface area (Å²) < 4.78 is 0.889. The minimum absolute atomic E-state index is 0.105. The van der Waals surface area contributed by atoms with Crippen LogP contribution in [0.15, 0.2) is 77.6 Å². The third-order valence-corrected chi connectivity index (χ3v) is 5.33. The Balaban J connectivity index is 1.49. The van der Waals surface area contributed by atoms with E-state index in [1.165, 1.54) is 11.3 Å². The van der Waals surface area contributed by atoms with Gasteiger partial charge in [0, 0.05) is 28.9 Å². The molecule has 0 bridgehead atoms. The second-order valence-electron chi connectivity index (χ2n) is 6.21. The van der Waals surface area contributed by atoms with Gasteiger partial charge < -0.3 is 5.32 Å². The van der Waals surface area contributed by atoms with Crippen LogP contribution in [0.2, 0.25) is 0 Å². The predicted octanol–water partition coefficient (Wildman–Crippen LogP) is 3.69. The molecule has 138 valence electrons. The second-order valence-corrected chi connectivity index (χ2v) is 7.24. The van der Waals surface area contributed by atoms with Gasteiger partial charge in [0.1, 0.15) is 5.01 Å². The van der Waals surface area contributed by atoms with E-state index in [1.807, 2.05) is 54.6 Å². The molecule has 28 heavy (non-hydrogen) atoms. The van der Waals surface area contributed by atoms with Crippen molar-refractivity contribution in [1.82, 2.24) is 15.3 Å². The number of pyridine rings is 1. The maximum atomic E-state index is 12.3. The van der Waals surface area contributed by atoms with Crippen molar-refractivity contribution in [3.8, 4) is 10.7 Å². The number of nitrogens with one attached hydrogen (secondary N) is 1. The summed E-state index contributed by atoms with van der Waals surface area (Å²) in [6, 6.07) is 22.2. The van der Waals surface area contributed by atoms with Crippen LogP contribution in [-0.2, 0) is 6.42 Å². The summed E-state index contributed by atoms with van der Waals surface area (Å²) in [4.78, 5) is 33.2. The molecule has 4 rings (SSSR count). The summed E-state index contributed by atoms with van der Waals surface area (Å²) >= 11 is 1.45. The monoisotopic (exact) mass is 387 g/mol. The zero-order chi connectivity index (χ0) is 19.3. The Kier molecular flexibility index (Phi) is 5.21. The third-order valence-electron chi connectivity index (χ3n) is 4.26. The number of rotatable bonds is 5. The molecule has 2 aromatic heterocycles. The SMILES string of the molecule is O=C(NCCc1cccc(-c2nc(=O)c3ccccc3s2)n1)c1ccccc1. The molecule has 0 aliphatic heterocycles. The number of carbonyl (C=O) groups excluding carboxylic acids is 1. The maximum absolute atomic E-state index is 12.3. The lowest BCUT2D eigenvalue weighted by Crippen LogP contribution is -2.25. The van der Waals surface area contributed by atoms with Gasteiger partial charge in [0.15, 0.2) is 0 Å². The highest BCUT2D eigenvalue weighted by Crippen LogP contribution is 2.24. The first kappa shape index (κ1) is 18.0. The highest BCUT2D eigenvalue weighted by Gasteiger charge is 2.09. The summed E-state index contributed by atoms with van der Waals surface area (Å²) in [5, 5.41) is 4.12. The van der Waals surface area contributed by atoms with Gasteiger partial charge in [0.05, 0.1) is 11.1 Å². The lowest BCUT2D eigenvalue weighted by molar-refractivity contribution is 0.0954. The molecular weight excluding hydrogens is 370 g/mol. The molecule has 6 heteroatoms. The average molecular weight is 387 g/mol. The van der Waals surface area contributed by atoms with Crippen LogP contribution >= 0.6 is 11.3 Å². The van der Waals surface area contributed by atoms with Gasteiger partial charge in [-0.3, -0.25) is 14.6 Å². The first-order valence-electron chi connectivity index (χ1n) is 8.90. The molecule has 0 radical (unpaired) electrons. The Hall–Kier alpha value is -3.38. The van der Waals surface area contributed by atoms with E-state index in [0.29, 0.717) is 34.6 Å². The van der Waals surface area contributed by atoms with Crippen molar-refractivity contribution in [3.05, 3.63) is 94.4 Å². The Labute approximate surface area is 165 Å². The van der Waals surface area contributed by atoms with E-state index in [2.05, 4.69) is 15.3 Å². The Morgan fingerprint density at radius 3 is 2.54 bits per heavy atom. The van der Waals surface area contributed by atoms with E-state index < -0.39 is 0 Å². The standard InChI is InChI=1S/C22H17N3O2S/c26-20(15-7-2-1-3-8-15)23-14-13-16-9-6-11-18(24-16)22-25-21(27)17-10-4-5-12-19(17)28-22/h1-12H,13-14H2,(H,23,26). The summed E-state index contributed by atoms with van der Waals surface area (Å²) in [5.41, 5.74) is 1.89. The summed E-state index contributed by atoms with van der Waals surface area (Å²) in [5.74, 6) is -0.105. The molecule has 2 aromatic carbocycles. The van der Waals surface area contributed by atoms with Gasteiger partial charge in [0.25, 0.3) is 11.5 Å². The van der Waals surface area contributed by atoms with Crippen LogP contribution in [0.1, 0.15) is 16.1 Å². The van der Waals surface area contributed by atoms with Gasteiger partial charge in [-0.25, -0.2) is 0 Å². The van der Waals surface area contributed by atoms with Crippen LogP contribution in [0.4, 0.5) is 0 Å². The topological polar surface area (TPSA) is 72.0 Å². The minimum atomic E-state index is -0.244.